The van der Waals surface area contributed by atoms with Crippen LogP contribution in [0.2, 0.25) is 0 Å². The standard InChI is InChI=1S/C14H16N2O3/c1-8-5-6-10-11(13(8)19-4)9(7-15-10)12(17)14(18)16(2)3/h5-7,15H,1-4H3. The van der Waals surface area contributed by atoms with Crippen molar-refractivity contribution in [1.82, 2.24) is 9.88 Å². The number of hydrogen-bond donors (Lipinski definition) is 1. The molecule has 0 saturated carbocycles. The van der Waals surface area contributed by atoms with Gasteiger partial charge in [-0.25, -0.2) is 0 Å². The Morgan fingerprint density at radius 3 is 2.53 bits per heavy atom. The fourth-order valence-corrected chi connectivity index (χ4v) is 2.06. The molecule has 0 bridgehead atoms. The Labute approximate surface area is 111 Å². The lowest BCUT2D eigenvalue weighted by atomic mass is 10.0. The van der Waals surface area contributed by atoms with E-state index in [1.54, 1.807) is 27.4 Å². The molecule has 0 saturated heterocycles. The summed E-state index contributed by atoms with van der Waals surface area (Å²) in [5.41, 5.74) is 2.03. The zero-order chi connectivity index (χ0) is 14.2. The molecule has 1 N–H and O–H groups in total. The van der Waals surface area contributed by atoms with E-state index in [1.807, 2.05) is 19.1 Å². The molecular weight excluding hydrogens is 244 g/mol. The summed E-state index contributed by atoms with van der Waals surface area (Å²) in [7, 11) is 4.66. The molecule has 0 spiro atoms. The van der Waals surface area contributed by atoms with Gasteiger partial charge in [-0.05, 0) is 18.6 Å². The molecule has 1 amide bonds. The number of aromatic nitrogens is 1. The second kappa shape index (κ2) is 4.76. The SMILES string of the molecule is COc1c(C)ccc2[nH]cc(C(=O)C(=O)N(C)C)c12. The Hall–Kier alpha value is -2.30. The van der Waals surface area contributed by atoms with Crippen LogP contribution in [-0.4, -0.2) is 42.8 Å². The summed E-state index contributed by atoms with van der Waals surface area (Å²) in [5.74, 6) is -0.474. The largest absolute Gasteiger partial charge is 0.496 e. The number of fused-ring (bicyclic) bond motifs is 1. The van der Waals surface area contributed by atoms with Crippen molar-refractivity contribution in [2.45, 2.75) is 6.92 Å². The van der Waals surface area contributed by atoms with Crippen LogP contribution in [0.25, 0.3) is 10.9 Å². The van der Waals surface area contributed by atoms with Gasteiger partial charge >= 0.3 is 0 Å². The molecule has 0 atom stereocenters. The summed E-state index contributed by atoms with van der Waals surface area (Å²) in [6.45, 7) is 1.90. The molecule has 0 aliphatic heterocycles. The fraction of sp³-hybridized carbons (Fsp3) is 0.286. The lowest BCUT2D eigenvalue weighted by Gasteiger charge is -2.10. The number of carbonyl (C=O) groups is 2. The van der Waals surface area contributed by atoms with Crippen LogP contribution in [0.3, 0.4) is 0 Å². The summed E-state index contributed by atoms with van der Waals surface area (Å²) in [6.07, 6.45) is 1.55. The van der Waals surface area contributed by atoms with Gasteiger partial charge in [0.2, 0.25) is 0 Å². The third kappa shape index (κ3) is 2.07. The topological polar surface area (TPSA) is 62.4 Å². The molecule has 100 valence electrons. The van der Waals surface area contributed by atoms with E-state index in [9.17, 15) is 9.59 Å². The molecule has 5 nitrogen and oxygen atoms in total. The number of hydrogen-bond acceptors (Lipinski definition) is 3. The third-order valence-corrected chi connectivity index (χ3v) is 3.05. The molecule has 19 heavy (non-hydrogen) atoms. The van der Waals surface area contributed by atoms with Gasteiger partial charge in [-0.15, -0.1) is 0 Å². The summed E-state index contributed by atoms with van der Waals surface area (Å²) in [6, 6.07) is 3.77. The van der Waals surface area contributed by atoms with E-state index >= 15 is 0 Å². The lowest BCUT2D eigenvalue weighted by Crippen LogP contribution is -2.29. The van der Waals surface area contributed by atoms with Crippen molar-refractivity contribution in [3.8, 4) is 5.75 Å². The number of amides is 1. The van der Waals surface area contributed by atoms with Crippen LogP contribution in [0.15, 0.2) is 18.3 Å². The minimum absolute atomic E-state index is 0.342. The van der Waals surface area contributed by atoms with Crippen LogP contribution in [0.4, 0.5) is 0 Å². The number of aryl methyl sites for hydroxylation is 1. The van der Waals surface area contributed by atoms with E-state index in [1.165, 1.54) is 4.90 Å². The Morgan fingerprint density at radius 1 is 1.26 bits per heavy atom. The molecule has 0 unspecified atom stereocenters. The highest BCUT2D eigenvalue weighted by atomic mass is 16.5. The molecule has 5 heteroatoms. The van der Waals surface area contributed by atoms with Crippen molar-refractivity contribution in [3.05, 3.63) is 29.5 Å². The summed E-state index contributed by atoms with van der Waals surface area (Å²) in [5, 5.41) is 0.655. The molecule has 0 aliphatic carbocycles. The number of rotatable bonds is 3. The van der Waals surface area contributed by atoms with Gasteiger partial charge < -0.3 is 14.6 Å². The van der Waals surface area contributed by atoms with Gasteiger partial charge in [0, 0.05) is 25.8 Å². The van der Waals surface area contributed by atoms with E-state index in [-0.39, 0.29) is 0 Å². The first-order valence-corrected chi connectivity index (χ1v) is 5.88. The van der Waals surface area contributed by atoms with Gasteiger partial charge in [-0.1, -0.05) is 6.07 Å². The second-order valence-electron chi connectivity index (χ2n) is 4.57. The number of ether oxygens (including phenoxy) is 1. The highest BCUT2D eigenvalue weighted by Gasteiger charge is 2.23. The van der Waals surface area contributed by atoms with Crippen molar-refractivity contribution in [1.29, 1.82) is 0 Å². The van der Waals surface area contributed by atoms with Gasteiger partial charge in [-0.3, -0.25) is 9.59 Å². The number of methoxy groups -OCH3 is 1. The third-order valence-electron chi connectivity index (χ3n) is 3.05. The first-order valence-electron chi connectivity index (χ1n) is 5.88. The normalized spacial score (nSPS) is 10.5. The fourth-order valence-electron chi connectivity index (χ4n) is 2.06. The zero-order valence-corrected chi connectivity index (χ0v) is 11.4. The van der Waals surface area contributed by atoms with Crippen molar-refractivity contribution >= 4 is 22.6 Å². The highest BCUT2D eigenvalue weighted by Crippen LogP contribution is 2.32. The monoisotopic (exact) mass is 260 g/mol. The number of H-pyrrole nitrogens is 1. The molecule has 2 rings (SSSR count). The number of likely N-dealkylation sites (N-methyl/N-ethyl adjacent to an activating group) is 1. The molecule has 0 fully saturated rings. The Balaban J connectivity index is 2.65. The maximum Gasteiger partial charge on any atom is 0.294 e. The number of Topliss-reactive ketones (excluding diaryl/α,β-unsaturated/α-hetero) is 1. The van der Waals surface area contributed by atoms with Gasteiger partial charge in [-0.2, -0.15) is 0 Å². The average Bonchev–Trinajstić information content (AvgIpc) is 2.80. The van der Waals surface area contributed by atoms with Gasteiger partial charge in [0.1, 0.15) is 5.75 Å². The van der Waals surface area contributed by atoms with Crippen molar-refractivity contribution in [2.24, 2.45) is 0 Å². The molecule has 1 aromatic carbocycles. The van der Waals surface area contributed by atoms with E-state index in [0.717, 1.165) is 11.1 Å². The van der Waals surface area contributed by atoms with Crippen molar-refractivity contribution in [2.75, 3.05) is 21.2 Å². The maximum absolute atomic E-state index is 12.2. The molecule has 0 radical (unpaired) electrons. The van der Waals surface area contributed by atoms with E-state index < -0.39 is 11.7 Å². The minimum atomic E-state index is -0.551. The van der Waals surface area contributed by atoms with Crippen LogP contribution >= 0.6 is 0 Å². The van der Waals surface area contributed by atoms with Gasteiger partial charge in [0.05, 0.1) is 18.1 Å². The van der Waals surface area contributed by atoms with Gasteiger partial charge in [0.25, 0.3) is 11.7 Å². The number of carbonyl (C=O) groups excluding carboxylic acids is 2. The minimum Gasteiger partial charge on any atom is -0.496 e. The molecule has 1 heterocycles. The Kier molecular flexibility index (Phi) is 3.29. The van der Waals surface area contributed by atoms with E-state index in [4.69, 9.17) is 4.74 Å². The predicted octanol–water partition coefficient (Wildman–Crippen LogP) is 1.76. The number of benzene rings is 1. The summed E-state index contributed by atoms with van der Waals surface area (Å²) in [4.78, 5) is 28.2. The quantitative estimate of drug-likeness (QED) is 0.675. The van der Waals surface area contributed by atoms with Crippen molar-refractivity contribution < 1.29 is 14.3 Å². The predicted molar refractivity (Wildman–Crippen MR) is 72.6 cm³/mol. The van der Waals surface area contributed by atoms with Crippen LogP contribution < -0.4 is 4.74 Å². The molecule has 0 aliphatic rings. The van der Waals surface area contributed by atoms with Crippen LogP contribution in [-0.2, 0) is 4.79 Å². The number of ketones is 1. The highest BCUT2D eigenvalue weighted by molar-refractivity contribution is 6.45. The number of nitrogens with zero attached hydrogens (tertiary/aromatic N) is 1. The van der Waals surface area contributed by atoms with E-state index in [0.29, 0.717) is 16.7 Å². The first-order chi connectivity index (χ1) is 8.97. The van der Waals surface area contributed by atoms with E-state index in [2.05, 4.69) is 4.98 Å². The summed E-state index contributed by atoms with van der Waals surface area (Å²) < 4.78 is 5.35. The first kappa shape index (κ1) is 13.1. The Bertz CT molecular complexity index is 656. The van der Waals surface area contributed by atoms with Gasteiger partial charge in [0.15, 0.2) is 0 Å². The van der Waals surface area contributed by atoms with Crippen LogP contribution in [0.1, 0.15) is 15.9 Å². The van der Waals surface area contributed by atoms with Crippen LogP contribution in [0.5, 0.6) is 5.75 Å². The summed E-state index contributed by atoms with van der Waals surface area (Å²) >= 11 is 0. The smallest absolute Gasteiger partial charge is 0.294 e. The Morgan fingerprint density at radius 2 is 1.95 bits per heavy atom. The van der Waals surface area contributed by atoms with Crippen LogP contribution in [0, 0.1) is 6.92 Å². The number of aromatic amines is 1. The maximum atomic E-state index is 12.2. The molecule has 1 aromatic heterocycles. The van der Waals surface area contributed by atoms with Crippen molar-refractivity contribution in [3.63, 3.8) is 0 Å². The average molecular weight is 260 g/mol. The zero-order valence-electron chi connectivity index (χ0n) is 11.4. The second-order valence-corrected chi connectivity index (χ2v) is 4.57. The molecule has 2 aromatic rings. The number of nitrogens with one attached hydrogen (secondary N) is 1. The molecular formula is C14H16N2O3. The lowest BCUT2D eigenvalue weighted by molar-refractivity contribution is -0.124.